The summed E-state index contributed by atoms with van der Waals surface area (Å²) >= 11 is 1.71. The Morgan fingerprint density at radius 2 is 1.88 bits per heavy atom. The number of hydrogen-bond acceptors (Lipinski definition) is 3. The molecule has 25 heavy (non-hydrogen) atoms. The second-order valence-corrected chi connectivity index (χ2v) is 7.75. The lowest BCUT2D eigenvalue weighted by molar-refractivity contribution is -0.902. The molecule has 0 fully saturated rings. The molecule has 4 nitrogen and oxygen atoms in total. The summed E-state index contributed by atoms with van der Waals surface area (Å²) < 4.78 is 1.19. The molecule has 0 radical (unpaired) electrons. The van der Waals surface area contributed by atoms with Crippen LogP contribution in [0.2, 0.25) is 0 Å². The molecule has 2 aromatic carbocycles. The SMILES string of the molecule is Cc1cc(C)cc(NC(=O)C[NH+](C)[C@@H](C)c2nc3ccccc3s2)c1. The molecule has 3 rings (SSSR count). The van der Waals surface area contributed by atoms with Gasteiger partial charge in [0.1, 0.15) is 6.04 Å². The Morgan fingerprint density at radius 3 is 2.56 bits per heavy atom. The number of anilines is 1. The van der Waals surface area contributed by atoms with Gasteiger partial charge in [0.05, 0.1) is 17.3 Å². The van der Waals surface area contributed by atoms with Gasteiger partial charge in [0.2, 0.25) is 0 Å². The van der Waals surface area contributed by atoms with Gasteiger partial charge in [0, 0.05) is 5.69 Å². The minimum atomic E-state index is 0.0236. The summed E-state index contributed by atoms with van der Waals surface area (Å²) in [5, 5.41) is 4.08. The number of benzene rings is 2. The van der Waals surface area contributed by atoms with E-state index in [1.807, 2.05) is 51.2 Å². The predicted molar refractivity (Wildman–Crippen MR) is 104 cm³/mol. The first-order valence-corrected chi connectivity index (χ1v) is 9.30. The van der Waals surface area contributed by atoms with Gasteiger partial charge in [-0.25, -0.2) is 4.98 Å². The number of quaternary nitrogens is 1. The highest BCUT2D eigenvalue weighted by molar-refractivity contribution is 7.18. The topological polar surface area (TPSA) is 46.4 Å². The van der Waals surface area contributed by atoms with Crippen LogP contribution < -0.4 is 10.2 Å². The molecule has 2 N–H and O–H groups in total. The van der Waals surface area contributed by atoms with Gasteiger partial charge in [0.15, 0.2) is 11.6 Å². The van der Waals surface area contributed by atoms with E-state index in [2.05, 4.69) is 24.4 Å². The number of nitrogens with zero attached hydrogens (tertiary/aromatic N) is 1. The number of amides is 1. The summed E-state index contributed by atoms with van der Waals surface area (Å²) in [4.78, 5) is 18.2. The first-order valence-electron chi connectivity index (χ1n) is 8.48. The number of nitrogens with one attached hydrogen (secondary N) is 2. The zero-order valence-electron chi connectivity index (χ0n) is 15.1. The number of carbonyl (C=O) groups is 1. The van der Waals surface area contributed by atoms with Crippen LogP contribution in [0.1, 0.15) is 29.1 Å². The largest absolute Gasteiger partial charge is 0.322 e. The third-order valence-electron chi connectivity index (χ3n) is 4.36. The van der Waals surface area contributed by atoms with Crippen LogP contribution in [-0.4, -0.2) is 24.5 Å². The van der Waals surface area contributed by atoms with Crippen LogP contribution in [0.15, 0.2) is 42.5 Å². The number of aromatic nitrogens is 1. The molecule has 2 atom stereocenters. The minimum Gasteiger partial charge on any atom is -0.322 e. The molecule has 0 saturated heterocycles. The highest BCUT2D eigenvalue weighted by atomic mass is 32.1. The molecular weight excluding hydrogens is 330 g/mol. The summed E-state index contributed by atoms with van der Waals surface area (Å²) in [5.41, 5.74) is 4.20. The molecule has 130 valence electrons. The Hall–Kier alpha value is -2.24. The number of fused-ring (bicyclic) bond motifs is 1. The fourth-order valence-corrected chi connectivity index (χ4v) is 4.06. The summed E-state index contributed by atoms with van der Waals surface area (Å²) in [6.07, 6.45) is 0. The number of hydrogen-bond donors (Lipinski definition) is 2. The third kappa shape index (κ3) is 4.24. The normalized spacial score (nSPS) is 13.6. The van der Waals surface area contributed by atoms with Gasteiger partial charge in [0.25, 0.3) is 5.91 Å². The van der Waals surface area contributed by atoms with Crippen molar-refractivity contribution in [3.63, 3.8) is 0 Å². The van der Waals surface area contributed by atoms with E-state index < -0.39 is 0 Å². The maximum Gasteiger partial charge on any atom is 0.279 e. The van der Waals surface area contributed by atoms with Crippen LogP contribution in [0.5, 0.6) is 0 Å². The van der Waals surface area contributed by atoms with Gasteiger partial charge < -0.3 is 10.2 Å². The highest BCUT2D eigenvalue weighted by Crippen LogP contribution is 2.24. The Labute approximate surface area is 152 Å². The van der Waals surface area contributed by atoms with Crippen molar-refractivity contribution in [2.75, 3.05) is 18.9 Å². The first kappa shape index (κ1) is 17.6. The minimum absolute atomic E-state index is 0.0236. The number of likely N-dealkylation sites (N-methyl/N-ethyl adjacent to an activating group) is 1. The van der Waals surface area contributed by atoms with E-state index in [0.29, 0.717) is 6.54 Å². The van der Waals surface area contributed by atoms with Crippen molar-refractivity contribution >= 4 is 33.1 Å². The fourth-order valence-electron chi connectivity index (χ4n) is 2.94. The molecule has 1 unspecified atom stereocenters. The van der Waals surface area contributed by atoms with Crippen molar-refractivity contribution < 1.29 is 9.69 Å². The zero-order valence-corrected chi connectivity index (χ0v) is 15.9. The molecule has 0 aliphatic rings. The Morgan fingerprint density at radius 1 is 1.20 bits per heavy atom. The van der Waals surface area contributed by atoms with Crippen molar-refractivity contribution in [1.82, 2.24) is 4.98 Å². The number of para-hydroxylation sites is 1. The first-order chi connectivity index (χ1) is 11.9. The van der Waals surface area contributed by atoms with Crippen molar-refractivity contribution in [2.45, 2.75) is 26.8 Å². The molecule has 3 aromatic rings. The van der Waals surface area contributed by atoms with Gasteiger partial charge >= 0.3 is 0 Å². The van der Waals surface area contributed by atoms with Gasteiger partial charge in [-0.15, -0.1) is 11.3 Å². The molecule has 0 saturated carbocycles. The fraction of sp³-hybridized carbons (Fsp3) is 0.300. The second kappa shape index (κ2) is 7.33. The summed E-state index contributed by atoms with van der Waals surface area (Å²) in [6, 6.07) is 14.4. The van der Waals surface area contributed by atoms with Crippen LogP contribution in [0.3, 0.4) is 0 Å². The van der Waals surface area contributed by atoms with E-state index in [1.54, 1.807) is 11.3 Å². The maximum absolute atomic E-state index is 12.4. The van der Waals surface area contributed by atoms with Crippen LogP contribution in [0.25, 0.3) is 10.2 Å². The third-order valence-corrected chi connectivity index (χ3v) is 5.58. The monoisotopic (exact) mass is 354 g/mol. The zero-order chi connectivity index (χ0) is 18.0. The average Bonchev–Trinajstić information content (AvgIpc) is 2.96. The lowest BCUT2D eigenvalue weighted by Crippen LogP contribution is -3.10. The Kier molecular flexibility index (Phi) is 5.16. The van der Waals surface area contributed by atoms with E-state index in [9.17, 15) is 4.79 Å². The number of rotatable bonds is 5. The van der Waals surface area contributed by atoms with Crippen LogP contribution in [0.4, 0.5) is 5.69 Å². The Bertz CT molecular complexity index is 850. The molecule has 1 heterocycles. The average molecular weight is 354 g/mol. The van der Waals surface area contributed by atoms with Gasteiger partial charge in [-0.3, -0.25) is 4.79 Å². The van der Waals surface area contributed by atoms with Gasteiger partial charge in [-0.05, 0) is 56.2 Å². The van der Waals surface area contributed by atoms with Crippen molar-refractivity contribution in [3.8, 4) is 0 Å². The maximum atomic E-state index is 12.4. The van der Waals surface area contributed by atoms with E-state index in [4.69, 9.17) is 4.98 Å². The number of thiazole rings is 1. The molecular formula is C20H24N3OS+. The summed E-state index contributed by atoms with van der Waals surface area (Å²) in [7, 11) is 2.04. The van der Waals surface area contributed by atoms with E-state index in [0.717, 1.165) is 32.2 Å². The predicted octanol–water partition coefficient (Wildman–Crippen LogP) is 3.13. The van der Waals surface area contributed by atoms with E-state index in [-0.39, 0.29) is 11.9 Å². The molecule has 0 aliphatic carbocycles. The Balaban J connectivity index is 1.66. The molecule has 1 aromatic heterocycles. The van der Waals surface area contributed by atoms with Gasteiger partial charge in [-0.1, -0.05) is 18.2 Å². The molecule has 1 amide bonds. The summed E-state index contributed by atoms with van der Waals surface area (Å²) in [5.74, 6) is 0.0236. The van der Waals surface area contributed by atoms with E-state index >= 15 is 0 Å². The van der Waals surface area contributed by atoms with Crippen molar-refractivity contribution in [1.29, 1.82) is 0 Å². The standard InChI is InChI=1S/C20H23N3OS/c1-13-9-14(2)11-16(10-13)21-19(24)12-23(4)15(3)20-22-17-7-5-6-8-18(17)25-20/h5-11,15H,12H2,1-4H3,(H,21,24)/p+1/t15-/m0/s1. The number of carbonyl (C=O) groups excluding carboxylic acids is 1. The molecule has 5 heteroatoms. The molecule has 0 bridgehead atoms. The summed E-state index contributed by atoms with van der Waals surface area (Å²) in [6.45, 7) is 6.60. The quantitative estimate of drug-likeness (QED) is 0.739. The lowest BCUT2D eigenvalue weighted by Gasteiger charge is -2.19. The van der Waals surface area contributed by atoms with Crippen LogP contribution in [-0.2, 0) is 4.79 Å². The number of aryl methyl sites for hydroxylation is 2. The van der Waals surface area contributed by atoms with Crippen molar-refractivity contribution in [2.24, 2.45) is 0 Å². The van der Waals surface area contributed by atoms with E-state index in [1.165, 1.54) is 4.70 Å². The van der Waals surface area contributed by atoms with Crippen molar-refractivity contribution in [3.05, 3.63) is 58.6 Å². The van der Waals surface area contributed by atoms with Crippen LogP contribution in [0, 0.1) is 13.8 Å². The smallest absolute Gasteiger partial charge is 0.279 e. The second-order valence-electron chi connectivity index (χ2n) is 6.69. The lowest BCUT2D eigenvalue weighted by atomic mass is 10.1. The van der Waals surface area contributed by atoms with Gasteiger partial charge in [-0.2, -0.15) is 0 Å². The van der Waals surface area contributed by atoms with Crippen LogP contribution >= 0.6 is 11.3 Å². The molecule has 0 aliphatic heterocycles. The highest BCUT2D eigenvalue weighted by Gasteiger charge is 2.22. The molecule has 0 spiro atoms.